The third-order valence-electron chi connectivity index (χ3n) is 4.54. The molecule has 0 aliphatic heterocycles. The van der Waals surface area contributed by atoms with Crippen LogP contribution in [0.15, 0.2) is 53.5 Å². The summed E-state index contributed by atoms with van der Waals surface area (Å²) < 4.78 is 12.3. The van der Waals surface area contributed by atoms with Gasteiger partial charge in [-0.05, 0) is 41.7 Å². The quantitative estimate of drug-likeness (QED) is 0.595. The van der Waals surface area contributed by atoms with E-state index in [1.54, 1.807) is 12.3 Å². The van der Waals surface area contributed by atoms with Crippen molar-refractivity contribution in [1.29, 1.82) is 0 Å². The first-order valence-corrected chi connectivity index (χ1v) is 9.60. The molecule has 3 rings (SSSR count). The van der Waals surface area contributed by atoms with Gasteiger partial charge >= 0.3 is 5.97 Å². The van der Waals surface area contributed by atoms with Crippen LogP contribution in [0.5, 0.6) is 5.75 Å². The highest BCUT2D eigenvalue weighted by atomic mass is 16.5. The number of nitrogens with zero attached hydrogens (tertiary/aromatic N) is 2. The largest absolute Gasteiger partial charge is 0.493 e. The van der Waals surface area contributed by atoms with Gasteiger partial charge in [0.1, 0.15) is 18.0 Å². The predicted octanol–water partition coefficient (Wildman–Crippen LogP) is 3.81. The molecule has 2 heterocycles. The van der Waals surface area contributed by atoms with Crippen molar-refractivity contribution in [1.82, 2.24) is 9.38 Å². The minimum absolute atomic E-state index is 0.0429. The van der Waals surface area contributed by atoms with Gasteiger partial charge in [0, 0.05) is 12.3 Å². The van der Waals surface area contributed by atoms with Crippen molar-refractivity contribution in [3.8, 4) is 5.75 Å². The van der Waals surface area contributed by atoms with Crippen LogP contribution in [0.4, 0.5) is 0 Å². The van der Waals surface area contributed by atoms with Crippen LogP contribution in [-0.4, -0.2) is 22.0 Å². The molecule has 6 nitrogen and oxygen atoms in total. The minimum atomic E-state index is -0.401. The van der Waals surface area contributed by atoms with Crippen molar-refractivity contribution in [2.75, 3.05) is 6.61 Å². The van der Waals surface area contributed by atoms with Crippen LogP contribution in [0.3, 0.4) is 0 Å². The van der Waals surface area contributed by atoms with Crippen LogP contribution < -0.4 is 10.3 Å². The van der Waals surface area contributed by atoms with E-state index in [9.17, 15) is 9.59 Å². The molecule has 2 aromatic heterocycles. The smallest absolute Gasteiger partial charge is 0.309 e. The van der Waals surface area contributed by atoms with E-state index < -0.39 is 5.97 Å². The summed E-state index contributed by atoms with van der Waals surface area (Å²) in [5.41, 5.74) is 3.01. The fourth-order valence-electron chi connectivity index (χ4n) is 2.86. The maximum Gasteiger partial charge on any atom is 0.309 e. The van der Waals surface area contributed by atoms with Crippen LogP contribution in [0.2, 0.25) is 0 Å². The van der Waals surface area contributed by atoms with Crippen LogP contribution in [0, 0.1) is 6.92 Å². The fourth-order valence-corrected chi connectivity index (χ4v) is 2.86. The van der Waals surface area contributed by atoms with E-state index in [0.29, 0.717) is 17.1 Å². The van der Waals surface area contributed by atoms with E-state index in [0.717, 1.165) is 5.56 Å². The van der Waals surface area contributed by atoms with Crippen molar-refractivity contribution < 1.29 is 14.3 Å². The molecule has 0 atom stereocenters. The molecule has 0 N–H and O–H groups in total. The number of aromatic nitrogens is 2. The third kappa shape index (κ3) is 5.44. The molecule has 0 aliphatic carbocycles. The SMILES string of the molecule is Cc1ccc2nc(COC(=O)CCOc3ccc(C(C)(C)C)cc3)cc(=O)n2c1. The lowest BCUT2D eigenvalue weighted by Crippen LogP contribution is -2.17. The maximum atomic E-state index is 12.2. The molecule has 0 amide bonds. The van der Waals surface area contributed by atoms with E-state index in [1.807, 2.05) is 37.3 Å². The molecule has 0 bridgehead atoms. The van der Waals surface area contributed by atoms with E-state index >= 15 is 0 Å². The molecule has 0 spiro atoms. The first-order chi connectivity index (χ1) is 13.7. The van der Waals surface area contributed by atoms with Crippen molar-refractivity contribution in [3.05, 3.63) is 75.8 Å². The summed E-state index contributed by atoms with van der Waals surface area (Å²) in [6, 6.07) is 12.9. The summed E-state index contributed by atoms with van der Waals surface area (Å²) in [7, 11) is 0. The average molecular weight is 394 g/mol. The van der Waals surface area contributed by atoms with E-state index in [4.69, 9.17) is 9.47 Å². The first-order valence-electron chi connectivity index (χ1n) is 9.60. The molecule has 0 aliphatic rings. The van der Waals surface area contributed by atoms with Gasteiger partial charge in [0.15, 0.2) is 0 Å². The Labute approximate surface area is 170 Å². The third-order valence-corrected chi connectivity index (χ3v) is 4.54. The number of hydrogen-bond donors (Lipinski definition) is 0. The molecule has 29 heavy (non-hydrogen) atoms. The number of aryl methyl sites for hydroxylation is 1. The van der Waals surface area contributed by atoms with Crippen molar-refractivity contribution in [3.63, 3.8) is 0 Å². The molecule has 0 unspecified atom stereocenters. The summed E-state index contributed by atoms with van der Waals surface area (Å²) >= 11 is 0. The number of fused-ring (bicyclic) bond motifs is 1. The van der Waals surface area contributed by atoms with Crippen molar-refractivity contribution in [2.45, 2.75) is 46.1 Å². The lowest BCUT2D eigenvalue weighted by molar-refractivity contribution is -0.145. The Morgan fingerprint density at radius 2 is 1.83 bits per heavy atom. The van der Waals surface area contributed by atoms with Gasteiger partial charge in [0.25, 0.3) is 5.56 Å². The number of pyridine rings is 1. The number of ether oxygens (including phenoxy) is 2. The summed E-state index contributed by atoms with van der Waals surface area (Å²) in [4.78, 5) is 28.5. The van der Waals surface area contributed by atoms with Gasteiger partial charge in [0.2, 0.25) is 0 Å². The standard InChI is InChI=1S/C23H26N2O4/c1-16-5-10-20-24-18(13-21(26)25(20)14-16)15-29-22(27)11-12-28-19-8-6-17(7-9-19)23(2,3)4/h5-10,13-14H,11-12,15H2,1-4H3. The lowest BCUT2D eigenvalue weighted by Gasteiger charge is -2.19. The molecular weight excluding hydrogens is 368 g/mol. The number of rotatable bonds is 6. The van der Waals surface area contributed by atoms with Crippen LogP contribution in [0.25, 0.3) is 5.65 Å². The average Bonchev–Trinajstić information content (AvgIpc) is 2.67. The Kier molecular flexibility index (Phi) is 6.01. The number of benzene rings is 1. The van der Waals surface area contributed by atoms with Gasteiger partial charge in [-0.3, -0.25) is 14.0 Å². The number of carbonyl (C=O) groups is 1. The zero-order chi connectivity index (χ0) is 21.0. The Morgan fingerprint density at radius 3 is 2.52 bits per heavy atom. The minimum Gasteiger partial charge on any atom is -0.493 e. The number of hydrogen-bond acceptors (Lipinski definition) is 5. The Bertz CT molecular complexity index is 1060. The monoisotopic (exact) mass is 394 g/mol. The summed E-state index contributed by atoms with van der Waals surface area (Å²) in [6.45, 7) is 8.54. The van der Waals surface area contributed by atoms with Gasteiger partial charge in [-0.2, -0.15) is 0 Å². The Balaban J connectivity index is 1.49. The highest BCUT2D eigenvalue weighted by molar-refractivity contribution is 5.69. The fraction of sp³-hybridized carbons (Fsp3) is 0.348. The number of carbonyl (C=O) groups excluding carboxylic acids is 1. The second-order valence-corrected chi connectivity index (χ2v) is 8.05. The van der Waals surface area contributed by atoms with Crippen LogP contribution in [-0.2, 0) is 21.6 Å². The Morgan fingerprint density at radius 1 is 1.10 bits per heavy atom. The zero-order valence-corrected chi connectivity index (χ0v) is 17.3. The second-order valence-electron chi connectivity index (χ2n) is 8.05. The van der Waals surface area contributed by atoms with E-state index in [1.165, 1.54) is 16.0 Å². The number of esters is 1. The molecule has 0 fully saturated rings. The summed E-state index contributed by atoms with van der Waals surface area (Å²) in [5, 5.41) is 0. The van der Waals surface area contributed by atoms with Crippen LogP contribution >= 0.6 is 0 Å². The molecule has 6 heteroatoms. The molecule has 3 aromatic rings. The van der Waals surface area contributed by atoms with Gasteiger partial charge in [-0.1, -0.05) is 39.0 Å². The normalized spacial score (nSPS) is 11.4. The molecule has 152 valence electrons. The molecular formula is C23H26N2O4. The lowest BCUT2D eigenvalue weighted by atomic mass is 9.87. The van der Waals surface area contributed by atoms with Crippen LogP contribution in [0.1, 0.15) is 44.0 Å². The molecule has 0 saturated heterocycles. The topological polar surface area (TPSA) is 69.9 Å². The van der Waals surface area contributed by atoms with Gasteiger partial charge in [-0.25, -0.2) is 4.98 Å². The highest BCUT2D eigenvalue weighted by Crippen LogP contribution is 2.24. The maximum absolute atomic E-state index is 12.2. The summed E-state index contributed by atoms with van der Waals surface area (Å²) in [6.07, 6.45) is 1.85. The van der Waals surface area contributed by atoms with Crippen molar-refractivity contribution >= 4 is 11.6 Å². The first kappa shape index (κ1) is 20.6. The van der Waals surface area contributed by atoms with Crippen molar-refractivity contribution in [2.24, 2.45) is 0 Å². The zero-order valence-electron chi connectivity index (χ0n) is 17.3. The summed E-state index contributed by atoms with van der Waals surface area (Å²) in [5.74, 6) is 0.313. The highest BCUT2D eigenvalue weighted by Gasteiger charge is 2.13. The van der Waals surface area contributed by atoms with Gasteiger partial charge in [0.05, 0.1) is 18.7 Å². The van der Waals surface area contributed by atoms with Gasteiger partial charge in [-0.15, -0.1) is 0 Å². The van der Waals surface area contributed by atoms with E-state index in [2.05, 4.69) is 25.8 Å². The van der Waals surface area contributed by atoms with Gasteiger partial charge < -0.3 is 9.47 Å². The molecule has 1 aromatic carbocycles. The molecule has 0 saturated carbocycles. The predicted molar refractivity (Wildman–Crippen MR) is 111 cm³/mol. The molecule has 0 radical (unpaired) electrons. The Hall–Kier alpha value is -3.15. The van der Waals surface area contributed by atoms with E-state index in [-0.39, 0.29) is 30.6 Å². The second kappa shape index (κ2) is 8.47.